The summed E-state index contributed by atoms with van der Waals surface area (Å²) >= 11 is 0. The number of allylic oxidation sites excluding steroid dienone is 4. The van der Waals surface area contributed by atoms with Crippen molar-refractivity contribution in [2.45, 2.75) is 20.3 Å². The van der Waals surface area contributed by atoms with E-state index < -0.39 is 0 Å². The second-order valence-corrected chi connectivity index (χ2v) is 3.89. The summed E-state index contributed by atoms with van der Waals surface area (Å²) in [5.41, 5.74) is 3.57. The first-order valence-corrected chi connectivity index (χ1v) is 5.77. The third-order valence-electron chi connectivity index (χ3n) is 2.33. The highest BCUT2D eigenvalue weighted by Gasteiger charge is 1.88. The van der Waals surface area contributed by atoms with Crippen molar-refractivity contribution < 1.29 is 0 Å². The highest BCUT2D eigenvalue weighted by atomic mass is 14.6. The third kappa shape index (κ3) is 5.67. The molecule has 0 heterocycles. The van der Waals surface area contributed by atoms with Crippen molar-refractivity contribution in [3.63, 3.8) is 0 Å². The minimum absolute atomic E-state index is 0.935. The van der Waals surface area contributed by atoms with Gasteiger partial charge in [0.25, 0.3) is 0 Å². The SMILES string of the molecule is C=C(/C=C\N=CC)/C=C/Cc1ccc(C)cc1. The molecule has 0 spiro atoms. The molecule has 17 heavy (non-hydrogen) atoms. The van der Waals surface area contributed by atoms with E-state index in [-0.39, 0.29) is 0 Å². The number of aryl methyl sites for hydroxylation is 1. The molecule has 0 amide bonds. The normalized spacial score (nSPS) is 11.9. The van der Waals surface area contributed by atoms with E-state index in [4.69, 9.17) is 0 Å². The minimum atomic E-state index is 0.935. The van der Waals surface area contributed by atoms with Gasteiger partial charge in [-0.05, 0) is 37.5 Å². The first-order chi connectivity index (χ1) is 8.22. The van der Waals surface area contributed by atoms with E-state index >= 15 is 0 Å². The molecule has 1 aromatic rings. The summed E-state index contributed by atoms with van der Waals surface area (Å²) in [4.78, 5) is 3.99. The Kier molecular flexibility index (Phi) is 5.73. The van der Waals surface area contributed by atoms with Crippen LogP contribution in [0, 0.1) is 6.92 Å². The van der Waals surface area contributed by atoms with Gasteiger partial charge in [-0.3, -0.25) is 4.99 Å². The van der Waals surface area contributed by atoms with Gasteiger partial charge in [0.05, 0.1) is 0 Å². The summed E-state index contributed by atoms with van der Waals surface area (Å²) in [6, 6.07) is 8.57. The predicted octanol–water partition coefficient (Wildman–Crippen LogP) is 4.25. The van der Waals surface area contributed by atoms with Gasteiger partial charge < -0.3 is 0 Å². The maximum absolute atomic E-state index is 3.99. The van der Waals surface area contributed by atoms with Gasteiger partial charge >= 0.3 is 0 Å². The van der Waals surface area contributed by atoms with Crippen LogP contribution in [0.2, 0.25) is 0 Å². The second kappa shape index (κ2) is 7.39. The number of rotatable bonds is 5. The Morgan fingerprint density at radius 1 is 1.24 bits per heavy atom. The molecule has 0 aromatic heterocycles. The molecule has 0 atom stereocenters. The molecule has 0 aliphatic rings. The molecule has 1 heteroatoms. The lowest BCUT2D eigenvalue weighted by Gasteiger charge is -1.97. The van der Waals surface area contributed by atoms with E-state index in [1.54, 1.807) is 12.4 Å². The largest absolute Gasteiger partial charge is 0.269 e. The summed E-state index contributed by atoms with van der Waals surface area (Å²) in [7, 11) is 0. The topological polar surface area (TPSA) is 12.4 Å². The van der Waals surface area contributed by atoms with Gasteiger partial charge in [-0.25, -0.2) is 0 Å². The van der Waals surface area contributed by atoms with Gasteiger partial charge in [-0.15, -0.1) is 0 Å². The Morgan fingerprint density at radius 3 is 2.59 bits per heavy atom. The predicted molar refractivity (Wildman–Crippen MR) is 76.5 cm³/mol. The summed E-state index contributed by atoms with van der Waals surface area (Å²) in [6.07, 6.45) is 10.5. The van der Waals surface area contributed by atoms with E-state index in [0.717, 1.165) is 12.0 Å². The molecule has 1 aromatic carbocycles. The standard InChI is InChI=1S/C16H19N/c1-4-17-13-12-14(2)6-5-7-16-10-8-15(3)9-11-16/h4-6,8-13H,2,7H2,1,3H3/b6-5+,13-12-,17-4?. The molecular weight excluding hydrogens is 206 g/mol. The van der Waals surface area contributed by atoms with Gasteiger partial charge in [0.2, 0.25) is 0 Å². The van der Waals surface area contributed by atoms with Crippen LogP contribution in [-0.2, 0) is 6.42 Å². The monoisotopic (exact) mass is 225 g/mol. The number of aliphatic imine (C=N–C) groups is 1. The van der Waals surface area contributed by atoms with E-state index in [2.05, 4.69) is 48.8 Å². The van der Waals surface area contributed by atoms with Gasteiger partial charge in [-0.1, -0.05) is 48.6 Å². The maximum Gasteiger partial charge on any atom is 0.0269 e. The minimum Gasteiger partial charge on any atom is -0.269 e. The molecule has 0 N–H and O–H groups in total. The number of hydrogen-bond donors (Lipinski definition) is 0. The zero-order chi connectivity index (χ0) is 12.5. The molecular formula is C16H19N. The highest BCUT2D eigenvalue weighted by molar-refractivity contribution is 5.54. The zero-order valence-electron chi connectivity index (χ0n) is 10.6. The smallest absolute Gasteiger partial charge is 0.0269 e. The molecule has 0 unspecified atom stereocenters. The fraction of sp³-hybridized carbons (Fsp3) is 0.188. The molecule has 1 rings (SSSR count). The molecule has 88 valence electrons. The van der Waals surface area contributed by atoms with Crippen molar-refractivity contribution in [1.29, 1.82) is 0 Å². The first kappa shape index (κ1) is 13.2. The van der Waals surface area contributed by atoms with Gasteiger partial charge in [-0.2, -0.15) is 0 Å². The summed E-state index contributed by atoms with van der Waals surface area (Å²) in [6.45, 7) is 7.91. The van der Waals surface area contributed by atoms with Crippen LogP contribution in [0.5, 0.6) is 0 Å². The fourth-order valence-corrected chi connectivity index (χ4v) is 1.35. The second-order valence-electron chi connectivity index (χ2n) is 3.89. The van der Waals surface area contributed by atoms with Crippen LogP contribution < -0.4 is 0 Å². The van der Waals surface area contributed by atoms with Crippen LogP contribution in [0.3, 0.4) is 0 Å². The van der Waals surface area contributed by atoms with Crippen molar-refractivity contribution in [3.05, 3.63) is 72.0 Å². The summed E-state index contributed by atoms with van der Waals surface area (Å²) < 4.78 is 0. The van der Waals surface area contributed by atoms with E-state index in [1.165, 1.54) is 11.1 Å². The highest BCUT2D eigenvalue weighted by Crippen LogP contribution is 2.05. The average Bonchev–Trinajstić information content (AvgIpc) is 2.32. The van der Waals surface area contributed by atoms with Crippen LogP contribution in [0.1, 0.15) is 18.1 Å². The summed E-state index contributed by atoms with van der Waals surface area (Å²) in [5, 5.41) is 0. The van der Waals surface area contributed by atoms with Crippen LogP contribution in [0.25, 0.3) is 0 Å². The van der Waals surface area contributed by atoms with Crippen molar-refractivity contribution >= 4 is 6.21 Å². The van der Waals surface area contributed by atoms with Crippen LogP contribution >= 0.6 is 0 Å². The lowest BCUT2D eigenvalue weighted by molar-refractivity contribution is 1.25. The van der Waals surface area contributed by atoms with Crippen LogP contribution in [-0.4, -0.2) is 6.21 Å². The third-order valence-corrected chi connectivity index (χ3v) is 2.33. The first-order valence-electron chi connectivity index (χ1n) is 5.77. The van der Waals surface area contributed by atoms with Crippen LogP contribution in [0.4, 0.5) is 0 Å². The molecule has 0 bridgehead atoms. The maximum atomic E-state index is 3.99. The van der Waals surface area contributed by atoms with E-state index in [9.17, 15) is 0 Å². The lowest BCUT2D eigenvalue weighted by Crippen LogP contribution is -1.81. The molecule has 0 saturated carbocycles. The number of benzene rings is 1. The average molecular weight is 225 g/mol. The van der Waals surface area contributed by atoms with Crippen molar-refractivity contribution in [2.75, 3.05) is 0 Å². The number of hydrogen-bond acceptors (Lipinski definition) is 1. The van der Waals surface area contributed by atoms with E-state index in [0.29, 0.717) is 0 Å². The van der Waals surface area contributed by atoms with Crippen molar-refractivity contribution in [3.8, 4) is 0 Å². The van der Waals surface area contributed by atoms with Gasteiger partial charge in [0, 0.05) is 12.4 Å². The quantitative estimate of drug-likeness (QED) is 0.524. The Bertz CT molecular complexity index is 433. The lowest BCUT2D eigenvalue weighted by atomic mass is 10.1. The van der Waals surface area contributed by atoms with Gasteiger partial charge in [0.15, 0.2) is 0 Å². The van der Waals surface area contributed by atoms with E-state index in [1.807, 2.05) is 19.1 Å². The number of nitrogens with zero attached hydrogens (tertiary/aromatic N) is 1. The molecule has 1 nitrogen and oxygen atoms in total. The van der Waals surface area contributed by atoms with Crippen molar-refractivity contribution in [2.24, 2.45) is 4.99 Å². The van der Waals surface area contributed by atoms with Crippen molar-refractivity contribution in [1.82, 2.24) is 0 Å². The van der Waals surface area contributed by atoms with Gasteiger partial charge in [0.1, 0.15) is 0 Å². The zero-order valence-corrected chi connectivity index (χ0v) is 10.6. The Morgan fingerprint density at radius 2 is 1.94 bits per heavy atom. The Labute approximate surface area is 104 Å². The molecule has 0 aliphatic carbocycles. The Balaban J connectivity index is 2.44. The van der Waals surface area contributed by atoms with Crippen LogP contribution in [0.15, 0.2) is 65.8 Å². The molecule has 0 fully saturated rings. The molecule has 0 saturated heterocycles. The molecule has 0 radical (unpaired) electrons. The Hall–Kier alpha value is -1.89. The summed E-state index contributed by atoms with van der Waals surface area (Å²) in [5.74, 6) is 0. The molecule has 0 aliphatic heterocycles. The fourth-order valence-electron chi connectivity index (χ4n) is 1.35.